The lowest BCUT2D eigenvalue weighted by atomic mass is 10.0. The number of carbonyl (C=O) groups is 4. The number of nitrogens with zero attached hydrogens (tertiary/aromatic N) is 8. The molecule has 10 rings (SSSR count). The monoisotopic (exact) mass is 856 g/mol. The third-order valence-electron chi connectivity index (χ3n) is 13.5. The molecular formula is C46H52N10O7. The smallest absolute Gasteiger partial charge is 0.312 e. The zero-order valence-electron chi connectivity index (χ0n) is 35.1. The number of nitrogens with one attached hydrogen (secondary N) is 1. The first-order chi connectivity index (χ1) is 30.7. The van der Waals surface area contributed by atoms with Gasteiger partial charge in [0.25, 0.3) is 0 Å². The van der Waals surface area contributed by atoms with Gasteiger partial charge in [-0.05, 0) is 61.7 Å². The molecule has 63 heavy (non-hydrogen) atoms. The Morgan fingerprint density at radius 2 is 1.46 bits per heavy atom. The highest BCUT2D eigenvalue weighted by molar-refractivity contribution is 6.35. The van der Waals surface area contributed by atoms with Gasteiger partial charge in [0, 0.05) is 101 Å². The van der Waals surface area contributed by atoms with Gasteiger partial charge < -0.3 is 49.7 Å². The molecule has 2 bridgehead atoms. The number of aromatic nitrogens is 2. The molecule has 3 atom stereocenters. The lowest BCUT2D eigenvalue weighted by Gasteiger charge is -2.43. The van der Waals surface area contributed by atoms with E-state index in [0.717, 1.165) is 54.4 Å². The van der Waals surface area contributed by atoms with Crippen molar-refractivity contribution in [3.63, 3.8) is 0 Å². The van der Waals surface area contributed by atoms with Gasteiger partial charge in [-0.3, -0.25) is 24.5 Å². The van der Waals surface area contributed by atoms with Crippen LogP contribution in [0.2, 0.25) is 0 Å². The summed E-state index contributed by atoms with van der Waals surface area (Å²) in [4.78, 5) is 63.8. The molecule has 7 heterocycles. The average molecular weight is 857 g/mol. The van der Waals surface area contributed by atoms with Gasteiger partial charge in [-0.25, -0.2) is 0 Å². The van der Waals surface area contributed by atoms with Crippen molar-refractivity contribution < 1.29 is 33.8 Å². The van der Waals surface area contributed by atoms with Crippen LogP contribution in [0.4, 0.5) is 28.6 Å². The standard InChI is InChI=1S/C46H52N10O7/c47-43-39(26-35(49-50-43)34-7-1-2-10-40(34)57)54-27-30-11-12-31(28-54)56(30)29-5-3-6-33(25-29)63-32-15-17-52(18-16-32)45(60)46(61)53-21-19-51(20-22-53)36-8-4-9-37-42(36)62-24-23-55(37)38-13-14-41(58)48-44(38)59/h1-10,25-26,30-32,38,57H,11-24,27-28H2,(H2,47,50)(H,48,58,59)/t30-,31+,38-/m0/s1. The van der Waals surface area contributed by atoms with E-state index in [1.54, 1.807) is 21.9 Å². The van der Waals surface area contributed by atoms with Crippen LogP contribution in [0.3, 0.4) is 0 Å². The quantitative estimate of drug-likeness (QED) is 0.182. The maximum absolute atomic E-state index is 13.5. The van der Waals surface area contributed by atoms with Gasteiger partial charge >= 0.3 is 11.8 Å². The van der Waals surface area contributed by atoms with E-state index in [1.165, 1.54) is 0 Å². The number of piperidine rings is 2. The summed E-state index contributed by atoms with van der Waals surface area (Å²) in [6.45, 7) is 5.23. The number of carbonyl (C=O) groups excluding carboxylic acids is 4. The van der Waals surface area contributed by atoms with Gasteiger partial charge in [-0.15, -0.1) is 10.2 Å². The van der Waals surface area contributed by atoms with Gasteiger partial charge in [0.15, 0.2) is 11.6 Å². The van der Waals surface area contributed by atoms with E-state index in [2.05, 4.69) is 42.3 Å². The molecule has 328 valence electrons. The number of amides is 4. The number of nitrogens with two attached hydrogens (primary N) is 1. The van der Waals surface area contributed by atoms with Gasteiger partial charge in [0.05, 0.1) is 29.3 Å². The Balaban J connectivity index is 0.715. The van der Waals surface area contributed by atoms with Crippen LogP contribution in [-0.4, -0.2) is 138 Å². The van der Waals surface area contributed by atoms with Crippen LogP contribution in [-0.2, 0) is 19.2 Å². The minimum absolute atomic E-state index is 0.0816. The summed E-state index contributed by atoms with van der Waals surface area (Å²) in [5, 5.41) is 21.4. The van der Waals surface area contributed by atoms with Crippen molar-refractivity contribution in [2.24, 2.45) is 0 Å². The number of nitrogen functional groups attached to an aromatic ring is 1. The normalized spacial score (nSPS) is 22.7. The molecule has 17 heteroatoms. The van der Waals surface area contributed by atoms with Crippen molar-refractivity contribution in [1.82, 2.24) is 25.3 Å². The van der Waals surface area contributed by atoms with Crippen molar-refractivity contribution in [1.29, 1.82) is 0 Å². The van der Waals surface area contributed by atoms with E-state index in [4.69, 9.17) is 15.2 Å². The SMILES string of the molecule is Nc1nnc(-c2ccccc2O)cc1N1C[C@H]2CC[C@@H](C1)N2c1cccc(OC2CCN(C(=O)C(=O)N3CCN(c4cccc5c4OCCN5[C@H]4CCC(=O)NC4=O)CC3)CC2)c1. The highest BCUT2D eigenvalue weighted by Gasteiger charge is 2.42. The number of benzene rings is 3. The molecule has 4 aromatic rings. The summed E-state index contributed by atoms with van der Waals surface area (Å²) in [6, 6.07) is 23.3. The molecule has 4 N–H and O–H groups in total. The number of phenols is 1. The van der Waals surface area contributed by atoms with E-state index >= 15 is 0 Å². The Hall–Kier alpha value is -6.78. The van der Waals surface area contributed by atoms with E-state index in [1.807, 2.05) is 53.4 Å². The summed E-state index contributed by atoms with van der Waals surface area (Å²) in [6.07, 6.45) is 4.03. The second kappa shape index (κ2) is 16.8. The predicted molar refractivity (Wildman–Crippen MR) is 236 cm³/mol. The number of hydrogen-bond acceptors (Lipinski definition) is 14. The number of imide groups is 1. The third-order valence-corrected chi connectivity index (χ3v) is 13.5. The number of para-hydroxylation sites is 2. The molecule has 1 aromatic heterocycles. The predicted octanol–water partition coefficient (Wildman–Crippen LogP) is 3.01. The Kier molecular flexibility index (Phi) is 10.8. The number of rotatable bonds is 7. The van der Waals surface area contributed by atoms with Crippen LogP contribution < -0.4 is 40.1 Å². The molecule has 4 amide bonds. The number of ether oxygens (including phenoxy) is 2. The molecule has 6 aliphatic heterocycles. The molecule has 0 spiro atoms. The van der Waals surface area contributed by atoms with Crippen molar-refractivity contribution in [3.05, 3.63) is 72.8 Å². The molecule has 6 aliphatic rings. The fourth-order valence-electron chi connectivity index (χ4n) is 10.3. The second-order valence-corrected chi connectivity index (χ2v) is 17.2. The maximum atomic E-state index is 13.5. The van der Waals surface area contributed by atoms with E-state index in [9.17, 15) is 24.3 Å². The van der Waals surface area contributed by atoms with Gasteiger partial charge in [0.2, 0.25) is 11.8 Å². The van der Waals surface area contributed by atoms with E-state index in [0.29, 0.717) is 101 Å². The van der Waals surface area contributed by atoms with Gasteiger partial charge in [-0.2, -0.15) is 0 Å². The lowest BCUT2D eigenvalue weighted by molar-refractivity contribution is -0.153. The first kappa shape index (κ1) is 40.3. The summed E-state index contributed by atoms with van der Waals surface area (Å²) >= 11 is 0. The molecule has 0 radical (unpaired) electrons. The Bertz CT molecular complexity index is 2400. The number of anilines is 5. The van der Waals surface area contributed by atoms with Crippen molar-refractivity contribution in [2.75, 3.05) is 90.8 Å². The fourth-order valence-corrected chi connectivity index (χ4v) is 10.3. The maximum Gasteiger partial charge on any atom is 0.312 e. The molecule has 5 fully saturated rings. The lowest BCUT2D eigenvalue weighted by Crippen LogP contribution is -2.55. The summed E-state index contributed by atoms with van der Waals surface area (Å²) < 4.78 is 12.7. The Morgan fingerprint density at radius 1 is 0.746 bits per heavy atom. The van der Waals surface area contributed by atoms with Crippen LogP contribution in [0.5, 0.6) is 17.2 Å². The molecule has 0 unspecified atom stereocenters. The van der Waals surface area contributed by atoms with Crippen molar-refractivity contribution in [3.8, 4) is 28.5 Å². The average Bonchev–Trinajstić information content (AvgIpc) is 3.57. The summed E-state index contributed by atoms with van der Waals surface area (Å²) in [5.41, 5.74) is 11.2. The molecule has 5 saturated heterocycles. The third kappa shape index (κ3) is 7.84. The number of fused-ring (bicyclic) bond motifs is 3. The van der Waals surface area contributed by atoms with E-state index in [-0.39, 0.29) is 35.8 Å². The van der Waals surface area contributed by atoms with Crippen molar-refractivity contribution in [2.45, 2.75) is 62.8 Å². The highest BCUT2D eigenvalue weighted by atomic mass is 16.5. The zero-order chi connectivity index (χ0) is 43.2. The number of hydrogen-bond donors (Lipinski definition) is 3. The first-order valence-electron chi connectivity index (χ1n) is 22.1. The number of piperazine rings is 2. The molecule has 17 nitrogen and oxygen atoms in total. The topological polar surface area (TPSA) is 190 Å². The minimum Gasteiger partial charge on any atom is -0.507 e. The Morgan fingerprint density at radius 3 is 2.21 bits per heavy atom. The van der Waals surface area contributed by atoms with Crippen LogP contribution in [0.15, 0.2) is 72.8 Å². The molecular weight excluding hydrogens is 805 g/mol. The van der Waals surface area contributed by atoms with Gasteiger partial charge in [-0.1, -0.05) is 24.3 Å². The number of phenolic OH excluding ortho intramolecular Hbond substituents is 1. The van der Waals surface area contributed by atoms with Crippen LogP contribution in [0, 0.1) is 0 Å². The largest absolute Gasteiger partial charge is 0.507 e. The fraction of sp³-hybridized carbons (Fsp3) is 0.435. The molecule has 3 aromatic carbocycles. The van der Waals surface area contributed by atoms with Crippen LogP contribution in [0.25, 0.3) is 11.3 Å². The van der Waals surface area contributed by atoms with Crippen LogP contribution >= 0.6 is 0 Å². The molecule has 0 aliphatic carbocycles. The second-order valence-electron chi connectivity index (χ2n) is 17.2. The summed E-state index contributed by atoms with van der Waals surface area (Å²) in [5.74, 6) is 0.512. The van der Waals surface area contributed by atoms with Crippen molar-refractivity contribution >= 4 is 52.2 Å². The zero-order valence-corrected chi connectivity index (χ0v) is 35.1. The minimum atomic E-state index is -0.481. The molecule has 0 saturated carbocycles. The van der Waals surface area contributed by atoms with Gasteiger partial charge in [0.1, 0.15) is 30.3 Å². The van der Waals surface area contributed by atoms with E-state index < -0.39 is 17.9 Å². The van der Waals surface area contributed by atoms with Crippen LogP contribution in [0.1, 0.15) is 38.5 Å². The summed E-state index contributed by atoms with van der Waals surface area (Å²) in [7, 11) is 0. The number of likely N-dealkylation sites (tertiary alicyclic amines) is 1. The highest BCUT2D eigenvalue weighted by Crippen LogP contribution is 2.43. The Labute approximate surface area is 365 Å². The first-order valence-corrected chi connectivity index (χ1v) is 22.1. The number of aromatic hydroxyl groups is 1.